The van der Waals surface area contributed by atoms with Gasteiger partial charge in [-0.1, -0.05) is 0 Å². The number of rotatable bonds is 1. The summed E-state index contributed by atoms with van der Waals surface area (Å²) >= 11 is 0. The molecule has 0 bridgehead atoms. The van der Waals surface area contributed by atoms with E-state index in [4.69, 9.17) is 4.74 Å². The van der Waals surface area contributed by atoms with Crippen LogP contribution in [0.2, 0.25) is 0 Å². The summed E-state index contributed by atoms with van der Waals surface area (Å²) in [6.45, 7) is 7.15. The van der Waals surface area contributed by atoms with E-state index in [2.05, 4.69) is 15.3 Å². The van der Waals surface area contributed by atoms with Crippen molar-refractivity contribution in [3.05, 3.63) is 17.7 Å². The summed E-state index contributed by atoms with van der Waals surface area (Å²) in [5.74, 6) is 0.468. The molecule has 7 heteroatoms. The number of hydrogen-bond acceptors (Lipinski definition) is 5. The molecule has 1 N–H and O–H groups in total. The Hall–Kier alpha value is -2.18. The van der Waals surface area contributed by atoms with Gasteiger partial charge in [0.15, 0.2) is 0 Å². The zero-order valence-corrected chi connectivity index (χ0v) is 13.6. The van der Waals surface area contributed by atoms with Crippen molar-refractivity contribution in [3.8, 4) is 0 Å². The van der Waals surface area contributed by atoms with E-state index in [0.29, 0.717) is 24.4 Å². The van der Waals surface area contributed by atoms with Crippen molar-refractivity contribution in [1.29, 1.82) is 0 Å². The third-order valence-electron chi connectivity index (χ3n) is 3.32. The van der Waals surface area contributed by atoms with E-state index in [1.165, 1.54) is 4.90 Å². The summed E-state index contributed by atoms with van der Waals surface area (Å²) in [7, 11) is 1.66. The Balaban J connectivity index is 2.14. The molecule has 0 unspecified atom stereocenters. The van der Waals surface area contributed by atoms with Gasteiger partial charge in [-0.05, 0) is 40.5 Å². The number of hydrogen-bond donors (Lipinski definition) is 1. The van der Waals surface area contributed by atoms with Crippen molar-refractivity contribution in [2.45, 2.75) is 52.2 Å². The minimum Gasteiger partial charge on any atom is -0.444 e. The maximum atomic E-state index is 12.5. The van der Waals surface area contributed by atoms with Crippen LogP contribution < -0.4 is 10.2 Å². The molecule has 0 radical (unpaired) electrons. The van der Waals surface area contributed by atoms with Gasteiger partial charge in [0, 0.05) is 7.05 Å². The molecule has 1 aliphatic rings. The van der Waals surface area contributed by atoms with Gasteiger partial charge in [0.25, 0.3) is 0 Å². The van der Waals surface area contributed by atoms with E-state index in [9.17, 15) is 9.59 Å². The summed E-state index contributed by atoms with van der Waals surface area (Å²) in [6, 6.07) is -0.630. The van der Waals surface area contributed by atoms with Crippen LogP contribution in [0.3, 0.4) is 0 Å². The summed E-state index contributed by atoms with van der Waals surface area (Å²) in [4.78, 5) is 34.4. The quantitative estimate of drug-likeness (QED) is 0.851. The largest absolute Gasteiger partial charge is 0.444 e. The van der Waals surface area contributed by atoms with E-state index in [-0.39, 0.29) is 5.91 Å². The van der Waals surface area contributed by atoms with Gasteiger partial charge >= 0.3 is 6.09 Å². The van der Waals surface area contributed by atoms with Gasteiger partial charge in [-0.15, -0.1) is 0 Å². The monoisotopic (exact) mass is 306 g/mol. The van der Waals surface area contributed by atoms with Gasteiger partial charge in [0.2, 0.25) is 5.91 Å². The highest BCUT2D eigenvalue weighted by molar-refractivity contribution is 5.99. The van der Waals surface area contributed by atoms with E-state index in [1.54, 1.807) is 34.0 Å². The number of alkyl carbamates (subject to hydrolysis) is 1. The van der Waals surface area contributed by atoms with Crippen LogP contribution in [0.25, 0.3) is 0 Å². The van der Waals surface area contributed by atoms with Crippen molar-refractivity contribution in [3.63, 3.8) is 0 Å². The average molecular weight is 306 g/mol. The number of fused-ring (bicyclic) bond motifs is 1. The van der Waals surface area contributed by atoms with Crippen molar-refractivity contribution >= 4 is 17.7 Å². The Morgan fingerprint density at radius 1 is 1.45 bits per heavy atom. The molecule has 1 aliphatic heterocycles. The van der Waals surface area contributed by atoms with Crippen LogP contribution in [0, 0.1) is 6.92 Å². The predicted molar refractivity (Wildman–Crippen MR) is 81.7 cm³/mol. The normalized spacial score (nSPS) is 18.5. The first-order chi connectivity index (χ1) is 10.2. The van der Waals surface area contributed by atoms with Gasteiger partial charge in [0.1, 0.15) is 17.5 Å². The number of amides is 2. The molecule has 2 amide bonds. The zero-order chi connectivity index (χ0) is 16.5. The van der Waals surface area contributed by atoms with Crippen molar-refractivity contribution in [1.82, 2.24) is 15.3 Å². The van der Waals surface area contributed by atoms with Crippen LogP contribution in [-0.4, -0.2) is 40.7 Å². The SMILES string of the molecule is Cc1ncc2c(n1)CC[C@H](NC(=O)OC(C)(C)C)C(=O)N2C. The smallest absolute Gasteiger partial charge is 0.408 e. The van der Waals surface area contributed by atoms with E-state index in [1.807, 2.05) is 6.92 Å². The van der Waals surface area contributed by atoms with Gasteiger partial charge in [-0.2, -0.15) is 0 Å². The van der Waals surface area contributed by atoms with Crippen LogP contribution in [0.5, 0.6) is 0 Å². The zero-order valence-electron chi connectivity index (χ0n) is 13.6. The first-order valence-electron chi connectivity index (χ1n) is 7.27. The molecule has 22 heavy (non-hydrogen) atoms. The standard InChI is InChI=1S/C15H22N4O3/c1-9-16-8-12-10(17-9)6-7-11(13(20)19(12)5)18-14(21)22-15(2,3)4/h8,11H,6-7H2,1-5H3,(H,18,21)/t11-/m0/s1. The number of carbonyl (C=O) groups excluding carboxylic acids is 2. The fraction of sp³-hybridized carbons (Fsp3) is 0.600. The Bertz CT molecular complexity index is 595. The first-order valence-corrected chi connectivity index (χ1v) is 7.27. The fourth-order valence-corrected chi connectivity index (χ4v) is 2.32. The Morgan fingerprint density at radius 3 is 2.77 bits per heavy atom. The fourth-order valence-electron chi connectivity index (χ4n) is 2.32. The van der Waals surface area contributed by atoms with Crippen LogP contribution in [-0.2, 0) is 16.0 Å². The van der Waals surface area contributed by atoms with Gasteiger partial charge in [0.05, 0.1) is 17.6 Å². The summed E-state index contributed by atoms with van der Waals surface area (Å²) in [6.07, 6.45) is 2.12. The molecule has 7 nitrogen and oxygen atoms in total. The third kappa shape index (κ3) is 3.72. The van der Waals surface area contributed by atoms with Gasteiger partial charge in [-0.25, -0.2) is 14.8 Å². The Kier molecular flexibility index (Phi) is 4.35. The molecule has 0 aliphatic carbocycles. The summed E-state index contributed by atoms with van der Waals surface area (Å²) < 4.78 is 5.21. The first kappa shape index (κ1) is 16.2. The molecule has 1 aromatic rings. The lowest BCUT2D eigenvalue weighted by Gasteiger charge is -2.24. The minimum atomic E-state index is -0.630. The van der Waals surface area contributed by atoms with Crippen LogP contribution in [0.4, 0.5) is 10.5 Å². The topological polar surface area (TPSA) is 84.4 Å². The minimum absolute atomic E-state index is 0.197. The van der Waals surface area contributed by atoms with Crippen LogP contribution in [0.1, 0.15) is 38.7 Å². The van der Waals surface area contributed by atoms with Gasteiger partial charge < -0.3 is 15.0 Å². The summed E-state index contributed by atoms with van der Waals surface area (Å²) in [5.41, 5.74) is 0.899. The number of anilines is 1. The van der Waals surface area contributed by atoms with Crippen molar-refractivity contribution in [2.75, 3.05) is 11.9 Å². The highest BCUT2D eigenvalue weighted by Crippen LogP contribution is 2.24. The van der Waals surface area contributed by atoms with Crippen molar-refractivity contribution < 1.29 is 14.3 Å². The second kappa shape index (κ2) is 5.90. The van der Waals surface area contributed by atoms with E-state index in [0.717, 1.165) is 5.69 Å². The third-order valence-corrected chi connectivity index (χ3v) is 3.32. The lowest BCUT2D eigenvalue weighted by atomic mass is 10.1. The number of nitrogens with zero attached hydrogens (tertiary/aromatic N) is 3. The molecule has 0 fully saturated rings. The molecule has 0 saturated carbocycles. The second-order valence-corrected chi connectivity index (χ2v) is 6.38. The molecule has 2 heterocycles. The van der Waals surface area contributed by atoms with Crippen LogP contribution >= 0.6 is 0 Å². The number of aryl methyl sites for hydroxylation is 2. The molecule has 0 saturated heterocycles. The molecule has 0 spiro atoms. The molecule has 1 aromatic heterocycles. The lowest BCUT2D eigenvalue weighted by Crippen LogP contribution is -2.48. The second-order valence-electron chi connectivity index (χ2n) is 6.38. The van der Waals surface area contributed by atoms with Gasteiger partial charge in [-0.3, -0.25) is 4.79 Å². The molecule has 0 aromatic carbocycles. The Labute approximate surface area is 130 Å². The van der Waals surface area contributed by atoms with E-state index >= 15 is 0 Å². The van der Waals surface area contributed by atoms with Crippen LogP contribution in [0.15, 0.2) is 6.20 Å². The van der Waals surface area contributed by atoms with Crippen molar-refractivity contribution in [2.24, 2.45) is 0 Å². The number of nitrogens with one attached hydrogen (secondary N) is 1. The molecular weight excluding hydrogens is 284 g/mol. The number of aromatic nitrogens is 2. The highest BCUT2D eigenvalue weighted by Gasteiger charge is 2.31. The Morgan fingerprint density at radius 2 is 2.14 bits per heavy atom. The average Bonchev–Trinajstić information content (AvgIpc) is 2.49. The molecule has 2 rings (SSSR count). The molecule has 120 valence electrons. The number of likely N-dealkylation sites (N-methyl/N-ethyl adjacent to an activating group) is 1. The van der Waals surface area contributed by atoms with E-state index < -0.39 is 17.7 Å². The number of ether oxygens (including phenoxy) is 1. The molecule has 1 atom stereocenters. The number of carbonyl (C=O) groups is 2. The highest BCUT2D eigenvalue weighted by atomic mass is 16.6. The predicted octanol–water partition coefficient (Wildman–Crippen LogP) is 1.59. The maximum absolute atomic E-state index is 12.5. The lowest BCUT2D eigenvalue weighted by molar-refractivity contribution is -0.120. The molecular formula is C15H22N4O3. The maximum Gasteiger partial charge on any atom is 0.408 e. The summed E-state index contributed by atoms with van der Waals surface area (Å²) in [5, 5.41) is 2.64.